The summed E-state index contributed by atoms with van der Waals surface area (Å²) in [4.78, 5) is 14.3. The van der Waals surface area contributed by atoms with Gasteiger partial charge < -0.3 is 5.32 Å². The van der Waals surface area contributed by atoms with Crippen molar-refractivity contribution in [2.45, 2.75) is 26.3 Å². The molecule has 0 heterocycles. The zero-order valence-corrected chi connectivity index (χ0v) is 16.0. The van der Waals surface area contributed by atoms with Crippen molar-refractivity contribution >= 4 is 29.1 Å². The SMILES string of the molecule is CCN(CCC(=O)NCCc1ccc(Cl)cc1Cl)Cc1ccccc1. The lowest BCUT2D eigenvalue weighted by Gasteiger charge is -2.20. The van der Waals surface area contributed by atoms with Gasteiger partial charge in [0.2, 0.25) is 5.91 Å². The van der Waals surface area contributed by atoms with Gasteiger partial charge in [-0.1, -0.05) is 66.5 Å². The number of hydrogen-bond donors (Lipinski definition) is 1. The molecule has 0 bridgehead atoms. The van der Waals surface area contributed by atoms with Gasteiger partial charge in [-0.3, -0.25) is 9.69 Å². The summed E-state index contributed by atoms with van der Waals surface area (Å²) >= 11 is 12.0. The molecule has 2 aromatic rings. The molecule has 0 unspecified atom stereocenters. The molecule has 0 aliphatic rings. The Hall–Kier alpha value is -1.55. The first-order valence-corrected chi connectivity index (χ1v) is 9.31. The number of rotatable bonds is 9. The maximum absolute atomic E-state index is 12.1. The van der Waals surface area contributed by atoms with E-state index in [4.69, 9.17) is 23.2 Å². The van der Waals surface area contributed by atoms with Crippen molar-refractivity contribution in [2.24, 2.45) is 0 Å². The summed E-state index contributed by atoms with van der Waals surface area (Å²) < 4.78 is 0. The van der Waals surface area contributed by atoms with Gasteiger partial charge in [0, 0.05) is 36.1 Å². The maximum Gasteiger partial charge on any atom is 0.221 e. The van der Waals surface area contributed by atoms with Crippen LogP contribution >= 0.6 is 23.2 Å². The van der Waals surface area contributed by atoms with E-state index in [0.717, 1.165) is 25.2 Å². The van der Waals surface area contributed by atoms with E-state index in [9.17, 15) is 4.79 Å². The van der Waals surface area contributed by atoms with E-state index in [2.05, 4.69) is 29.3 Å². The molecule has 1 N–H and O–H groups in total. The maximum atomic E-state index is 12.1. The molecule has 134 valence electrons. The van der Waals surface area contributed by atoms with Crippen LogP contribution in [0.1, 0.15) is 24.5 Å². The van der Waals surface area contributed by atoms with E-state index < -0.39 is 0 Å². The highest BCUT2D eigenvalue weighted by Gasteiger charge is 2.08. The Morgan fingerprint density at radius 3 is 2.56 bits per heavy atom. The summed E-state index contributed by atoms with van der Waals surface area (Å²) in [6, 6.07) is 15.7. The second kappa shape index (κ2) is 10.4. The number of nitrogens with one attached hydrogen (secondary N) is 1. The molecule has 1 amide bonds. The van der Waals surface area contributed by atoms with E-state index in [1.54, 1.807) is 6.07 Å². The van der Waals surface area contributed by atoms with Gasteiger partial charge in [-0.25, -0.2) is 0 Å². The Morgan fingerprint density at radius 1 is 1.12 bits per heavy atom. The Labute approximate surface area is 159 Å². The highest BCUT2D eigenvalue weighted by Crippen LogP contribution is 2.21. The van der Waals surface area contributed by atoms with Gasteiger partial charge >= 0.3 is 0 Å². The second-order valence-corrected chi connectivity index (χ2v) is 6.78. The van der Waals surface area contributed by atoms with Crippen molar-refractivity contribution in [3.63, 3.8) is 0 Å². The summed E-state index contributed by atoms with van der Waals surface area (Å²) in [7, 11) is 0. The molecule has 2 rings (SSSR count). The average molecular weight is 379 g/mol. The number of amides is 1. The van der Waals surface area contributed by atoms with E-state index in [1.807, 2.05) is 30.3 Å². The third kappa shape index (κ3) is 7.07. The van der Waals surface area contributed by atoms with Crippen molar-refractivity contribution in [2.75, 3.05) is 19.6 Å². The number of benzene rings is 2. The highest BCUT2D eigenvalue weighted by molar-refractivity contribution is 6.35. The zero-order chi connectivity index (χ0) is 18.1. The van der Waals surface area contributed by atoms with Gasteiger partial charge in [0.05, 0.1) is 0 Å². The van der Waals surface area contributed by atoms with Crippen LogP contribution in [0.5, 0.6) is 0 Å². The Bertz CT molecular complexity index is 677. The summed E-state index contributed by atoms with van der Waals surface area (Å²) in [5.41, 5.74) is 2.26. The summed E-state index contributed by atoms with van der Waals surface area (Å²) in [5, 5.41) is 4.22. The number of carbonyl (C=O) groups excluding carboxylic acids is 1. The lowest BCUT2D eigenvalue weighted by Crippen LogP contribution is -2.31. The van der Waals surface area contributed by atoms with Crippen molar-refractivity contribution in [3.05, 3.63) is 69.7 Å². The first-order chi connectivity index (χ1) is 12.1. The van der Waals surface area contributed by atoms with Crippen LogP contribution in [0.3, 0.4) is 0 Å². The standard InChI is InChI=1S/C20H24Cl2N2O/c1-2-24(15-16-6-4-3-5-7-16)13-11-20(25)23-12-10-17-8-9-18(21)14-19(17)22/h3-9,14H,2,10-13,15H2,1H3,(H,23,25). The Balaban J connectivity index is 1.70. The van der Waals surface area contributed by atoms with E-state index in [1.165, 1.54) is 5.56 Å². The fraction of sp³-hybridized carbons (Fsp3) is 0.350. The predicted octanol–water partition coefficient (Wildman–Crippen LogP) is 4.56. The molecule has 0 aliphatic carbocycles. The lowest BCUT2D eigenvalue weighted by atomic mass is 10.1. The number of hydrogen-bond acceptors (Lipinski definition) is 2. The summed E-state index contributed by atoms with van der Waals surface area (Å²) in [6.45, 7) is 5.22. The number of carbonyl (C=O) groups is 1. The van der Waals surface area contributed by atoms with Gasteiger partial charge in [0.25, 0.3) is 0 Å². The van der Waals surface area contributed by atoms with Crippen LogP contribution in [-0.2, 0) is 17.8 Å². The van der Waals surface area contributed by atoms with Crippen LogP contribution in [-0.4, -0.2) is 30.4 Å². The number of nitrogens with zero attached hydrogens (tertiary/aromatic N) is 1. The fourth-order valence-electron chi connectivity index (χ4n) is 2.60. The topological polar surface area (TPSA) is 32.3 Å². The van der Waals surface area contributed by atoms with Crippen LogP contribution < -0.4 is 5.32 Å². The van der Waals surface area contributed by atoms with Crippen LogP contribution in [0, 0.1) is 0 Å². The first-order valence-electron chi connectivity index (χ1n) is 8.55. The van der Waals surface area contributed by atoms with Gasteiger partial charge in [-0.15, -0.1) is 0 Å². The van der Waals surface area contributed by atoms with Gasteiger partial charge in [-0.05, 0) is 36.2 Å². The fourth-order valence-corrected chi connectivity index (χ4v) is 3.10. The van der Waals surface area contributed by atoms with E-state index >= 15 is 0 Å². The second-order valence-electron chi connectivity index (χ2n) is 5.94. The molecule has 0 spiro atoms. The Morgan fingerprint density at radius 2 is 1.88 bits per heavy atom. The molecular formula is C20H24Cl2N2O. The molecule has 2 aromatic carbocycles. The molecule has 0 radical (unpaired) electrons. The predicted molar refractivity (Wildman–Crippen MR) is 105 cm³/mol. The molecule has 25 heavy (non-hydrogen) atoms. The van der Waals surface area contributed by atoms with Crippen molar-refractivity contribution in [3.8, 4) is 0 Å². The first kappa shape index (κ1) is 19.8. The molecule has 0 saturated carbocycles. The van der Waals surface area contributed by atoms with Crippen molar-refractivity contribution < 1.29 is 4.79 Å². The molecule has 5 heteroatoms. The average Bonchev–Trinajstić information content (AvgIpc) is 2.61. The smallest absolute Gasteiger partial charge is 0.221 e. The van der Waals surface area contributed by atoms with Crippen LogP contribution in [0.2, 0.25) is 10.0 Å². The normalized spacial score (nSPS) is 10.9. The van der Waals surface area contributed by atoms with E-state index in [-0.39, 0.29) is 5.91 Å². The van der Waals surface area contributed by atoms with Gasteiger partial charge in [0.15, 0.2) is 0 Å². The highest BCUT2D eigenvalue weighted by atomic mass is 35.5. The van der Waals surface area contributed by atoms with Gasteiger partial charge in [-0.2, -0.15) is 0 Å². The van der Waals surface area contributed by atoms with Gasteiger partial charge in [0.1, 0.15) is 0 Å². The van der Waals surface area contributed by atoms with Crippen molar-refractivity contribution in [1.82, 2.24) is 10.2 Å². The van der Waals surface area contributed by atoms with Crippen molar-refractivity contribution in [1.29, 1.82) is 0 Å². The molecule has 0 aliphatic heterocycles. The largest absolute Gasteiger partial charge is 0.356 e. The minimum atomic E-state index is 0.0663. The summed E-state index contributed by atoms with van der Waals surface area (Å²) in [5.74, 6) is 0.0663. The number of halogens is 2. The molecule has 3 nitrogen and oxygen atoms in total. The third-order valence-electron chi connectivity index (χ3n) is 4.08. The zero-order valence-electron chi connectivity index (χ0n) is 14.5. The quantitative estimate of drug-likeness (QED) is 0.693. The molecule has 0 saturated heterocycles. The molecular weight excluding hydrogens is 355 g/mol. The van der Waals surface area contributed by atoms with E-state index in [0.29, 0.717) is 29.4 Å². The molecule has 0 atom stereocenters. The minimum Gasteiger partial charge on any atom is -0.356 e. The van der Waals surface area contributed by atoms with Crippen LogP contribution in [0.4, 0.5) is 0 Å². The molecule has 0 aromatic heterocycles. The third-order valence-corrected chi connectivity index (χ3v) is 4.67. The summed E-state index contributed by atoms with van der Waals surface area (Å²) in [6.07, 6.45) is 1.19. The van der Waals surface area contributed by atoms with Crippen LogP contribution in [0.25, 0.3) is 0 Å². The van der Waals surface area contributed by atoms with Crippen LogP contribution in [0.15, 0.2) is 48.5 Å². The minimum absolute atomic E-state index is 0.0663. The monoisotopic (exact) mass is 378 g/mol. The Kier molecular flexibility index (Phi) is 8.26. The lowest BCUT2D eigenvalue weighted by molar-refractivity contribution is -0.121. The molecule has 0 fully saturated rings.